The number of aliphatic carboxylic acids is 1. The van der Waals surface area contributed by atoms with Gasteiger partial charge in [-0.15, -0.1) is 0 Å². The lowest BCUT2D eigenvalue weighted by Gasteiger charge is -2.33. The van der Waals surface area contributed by atoms with Crippen LogP contribution in [0.15, 0.2) is 0 Å². The number of rotatable bonds is 6. The average Bonchev–Trinajstić information content (AvgIpc) is 2.86. The van der Waals surface area contributed by atoms with Crippen molar-refractivity contribution in [2.75, 3.05) is 13.1 Å². The predicted octanol–water partition coefficient (Wildman–Crippen LogP) is 1.39. The molecule has 2 aliphatic rings. The molecule has 124 valence electrons. The maximum atomic E-state index is 12.2. The number of carboxylic acid groups (broad SMARTS) is 1. The number of hydrogen-bond donors (Lipinski definition) is 2. The van der Waals surface area contributed by atoms with Crippen LogP contribution in [-0.4, -0.2) is 46.9 Å². The Morgan fingerprint density at radius 3 is 2.59 bits per heavy atom. The molecule has 6 nitrogen and oxygen atoms in total. The van der Waals surface area contributed by atoms with Gasteiger partial charge in [0.2, 0.25) is 11.8 Å². The molecule has 0 radical (unpaired) electrons. The molecule has 22 heavy (non-hydrogen) atoms. The zero-order valence-electron chi connectivity index (χ0n) is 13.2. The summed E-state index contributed by atoms with van der Waals surface area (Å²) in [5.41, 5.74) is 0. The Balaban J connectivity index is 1.76. The number of hydrogen-bond acceptors (Lipinski definition) is 3. The second kappa shape index (κ2) is 7.61. The quantitative estimate of drug-likeness (QED) is 0.726. The Labute approximate surface area is 131 Å². The molecule has 1 saturated heterocycles. The second-order valence-electron chi connectivity index (χ2n) is 6.65. The summed E-state index contributed by atoms with van der Waals surface area (Å²) in [5.74, 6) is -0.433. The molecular formula is C16H26N2O4. The van der Waals surface area contributed by atoms with Crippen LogP contribution in [0.4, 0.5) is 0 Å². The Kier molecular flexibility index (Phi) is 5.80. The van der Waals surface area contributed by atoms with E-state index in [9.17, 15) is 14.4 Å². The minimum absolute atomic E-state index is 0.0518. The Hall–Kier alpha value is -1.59. The van der Waals surface area contributed by atoms with E-state index in [4.69, 9.17) is 5.11 Å². The van der Waals surface area contributed by atoms with E-state index < -0.39 is 5.97 Å². The smallest absolute Gasteiger partial charge is 0.303 e. The van der Waals surface area contributed by atoms with Crippen LogP contribution in [0.1, 0.15) is 51.9 Å². The Morgan fingerprint density at radius 2 is 1.95 bits per heavy atom. The van der Waals surface area contributed by atoms with Crippen LogP contribution < -0.4 is 5.32 Å². The highest BCUT2D eigenvalue weighted by Gasteiger charge is 2.38. The lowest BCUT2D eigenvalue weighted by molar-refractivity contribution is -0.137. The molecule has 6 heteroatoms. The molecule has 2 rings (SSSR count). The van der Waals surface area contributed by atoms with Crippen LogP contribution in [0.25, 0.3) is 0 Å². The molecule has 2 amide bonds. The summed E-state index contributed by atoms with van der Waals surface area (Å²) in [5, 5.41) is 11.3. The summed E-state index contributed by atoms with van der Waals surface area (Å²) in [7, 11) is 0. The average molecular weight is 310 g/mol. The summed E-state index contributed by atoms with van der Waals surface area (Å²) in [4.78, 5) is 36.6. The molecule has 1 aliphatic carbocycles. The molecule has 1 heterocycles. The van der Waals surface area contributed by atoms with Gasteiger partial charge in [0, 0.05) is 32.0 Å². The van der Waals surface area contributed by atoms with E-state index in [1.165, 1.54) is 0 Å². The van der Waals surface area contributed by atoms with E-state index in [2.05, 4.69) is 12.2 Å². The minimum atomic E-state index is -0.858. The summed E-state index contributed by atoms with van der Waals surface area (Å²) >= 11 is 0. The van der Waals surface area contributed by atoms with Crippen LogP contribution in [0.3, 0.4) is 0 Å². The first-order chi connectivity index (χ1) is 10.5. The molecule has 1 unspecified atom stereocenters. The van der Waals surface area contributed by atoms with Gasteiger partial charge in [0.1, 0.15) is 0 Å². The largest absolute Gasteiger partial charge is 0.481 e. The molecular weight excluding hydrogens is 284 g/mol. The van der Waals surface area contributed by atoms with E-state index in [0.717, 1.165) is 31.6 Å². The predicted molar refractivity (Wildman–Crippen MR) is 81.1 cm³/mol. The van der Waals surface area contributed by atoms with Crippen LogP contribution in [-0.2, 0) is 14.4 Å². The fourth-order valence-corrected chi connectivity index (χ4v) is 3.41. The molecule has 1 saturated carbocycles. The van der Waals surface area contributed by atoms with Gasteiger partial charge in [-0.05, 0) is 38.0 Å². The summed E-state index contributed by atoms with van der Waals surface area (Å²) in [6.45, 7) is 3.12. The van der Waals surface area contributed by atoms with Gasteiger partial charge in [-0.25, -0.2) is 0 Å². The zero-order valence-corrected chi connectivity index (χ0v) is 13.2. The van der Waals surface area contributed by atoms with Gasteiger partial charge in [0.05, 0.1) is 5.92 Å². The monoisotopic (exact) mass is 310 g/mol. The second-order valence-corrected chi connectivity index (χ2v) is 6.65. The van der Waals surface area contributed by atoms with Gasteiger partial charge < -0.3 is 15.3 Å². The van der Waals surface area contributed by atoms with E-state index in [1.807, 2.05) is 4.90 Å². The van der Waals surface area contributed by atoms with Crippen molar-refractivity contribution in [2.45, 2.75) is 57.9 Å². The highest BCUT2D eigenvalue weighted by molar-refractivity contribution is 5.89. The number of nitrogens with zero attached hydrogens (tertiary/aromatic N) is 1. The van der Waals surface area contributed by atoms with E-state index in [0.29, 0.717) is 25.6 Å². The van der Waals surface area contributed by atoms with E-state index in [1.54, 1.807) is 0 Å². The number of likely N-dealkylation sites (tertiary alicyclic amines) is 1. The Morgan fingerprint density at radius 1 is 1.27 bits per heavy atom. The van der Waals surface area contributed by atoms with Crippen LogP contribution in [0.2, 0.25) is 0 Å². The SMILES string of the molecule is CC1CCC(N2CC(C(=O)NCCCC(=O)O)CC2=O)CC1. The maximum Gasteiger partial charge on any atom is 0.303 e. The lowest BCUT2D eigenvalue weighted by Crippen LogP contribution is -2.40. The number of carbonyl (C=O) groups is 3. The zero-order chi connectivity index (χ0) is 16.1. The summed E-state index contributed by atoms with van der Waals surface area (Å²) < 4.78 is 0. The van der Waals surface area contributed by atoms with E-state index >= 15 is 0 Å². The lowest BCUT2D eigenvalue weighted by atomic mass is 9.87. The molecule has 1 aliphatic heterocycles. The third-order valence-electron chi connectivity index (χ3n) is 4.82. The van der Waals surface area contributed by atoms with Crippen molar-refractivity contribution in [1.82, 2.24) is 10.2 Å². The van der Waals surface area contributed by atoms with Crippen molar-refractivity contribution < 1.29 is 19.5 Å². The fourth-order valence-electron chi connectivity index (χ4n) is 3.41. The van der Waals surface area contributed by atoms with Crippen molar-refractivity contribution in [3.63, 3.8) is 0 Å². The highest BCUT2D eigenvalue weighted by Crippen LogP contribution is 2.31. The number of nitrogens with one attached hydrogen (secondary N) is 1. The first-order valence-corrected chi connectivity index (χ1v) is 8.26. The highest BCUT2D eigenvalue weighted by atomic mass is 16.4. The van der Waals surface area contributed by atoms with Gasteiger partial charge in [-0.1, -0.05) is 6.92 Å². The van der Waals surface area contributed by atoms with Crippen molar-refractivity contribution in [3.8, 4) is 0 Å². The molecule has 1 atom stereocenters. The van der Waals surface area contributed by atoms with E-state index in [-0.39, 0.29) is 30.6 Å². The number of amides is 2. The van der Waals surface area contributed by atoms with Gasteiger partial charge in [0.15, 0.2) is 0 Å². The van der Waals surface area contributed by atoms with Crippen LogP contribution >= 0.6 is 0 Å². The molecule has 0 bridgehead atoms. The normalized spacial score (nSPS) is 28.7. The third-order valence-corrected chi connectivity index (χ3v) is 4.82. The first kappa shape index (κ1) is 16.8. The molecule has 0 aromatic carbocycles. The van der Waals surface area contributed by atoms with Crippen molar-refractivity contribution in [3.05, 3.63) is 0 Å². The summed E-state index contributed by atoms with van der Waals surface area (Å²) in [6, 6.07) is 0.300. The standard InChI is InChI=1S/C16H26N2O4/c1-11-4-6-13(7-5-11)18-10-12(9-14(18)19)16(22)17-8-2-3-15(20)21/h11-13H,2-10H2,1H3,(H,17,22)(H,20,21). The molecule has 0 aromatic heterocycles. The van der Waals surface area contributed by atoms with Gasteiger partial charge in [-0.2, -0.15) is 0 Å². The van der Waals surface area contributed by atoms with Crippen LogP contribution in [0, 0.1) is 11.8 Å². The topological polar surface area (TPSA) is 86.7 Å². The van der Waals surface area contributed by atoms with Crippen molar-refractivity contribution in [2.24, 2.45) is 11.8 Å². The van der Waals surface area contributed by atoms with Crippen molar-refractivity contribution >= 4 is 17.8 Å². The fraction of sp³-hybridized carbons (Fsp3) is 0.812. The number of carbonyl (C=O) groups excluding carboxylic acids is 2. The molecule has 0 spiro atoms. The first-order valence-electron chi connectivity index (χ1n) is 8.26. The number of carboxylic acids is 1. The molecule has 0 aromatic rings. The maximum absolute atomic E-state index is 12.2. The molecule has 2 N–H and O–H groups in total. The Bertz CT molecular complexity index is 430. The van der Waals surface area contributed by atoms with Gasteiger partial charge >= 0.3 is 5.97 Å². The minimum Gasteiger partial charge on any atom is -0.481 e. The van der Waals surface area contributed by atoms with Gasteiger partial charge in [-0.3, -0.25) is 14.4 Å². The van der Waals surface area contributed by atoms with Gasteiger partial charge in [0.25, 0.3) is 0 Å². The van der Waals surface area contributed by atoms with Crippen LogP contribution in [0.5, 0.6) is 0 Å². The molecule has 2 fully saturated rings. The third kappa shape index (κ3) is 4.45. The van der Waals surface area contributed by atoms with Crippen molar-refractivity contribution in [1.29, 1.82) is 0 Å². The summed E-state index contributed by atoms with van der Waals surface area (Å²) in [6.07, 6.45) is 5.15.